The van der Waals surface area contributed by atoms with Crippen molar-refractivity contribution in [3.8, 4) is 0 Å². The quantitative estimate of drug-likeness (QED) is 0.647. The van der Waals surface area contributed by atoms with E-state index in [1.807, 2.05) is 0 Å². The van der Waals surface area contributed by atoms with Crippen LogP contribution in [-0.2, 0) is 19.1 Å². The summed E-state index contributed by atoms with van der Waals surface area (Å²) in [5.41, 5.74) is 1.22. The van der Waals surface area contributed by atoms with E-state index in [9.17, 15) is 19.2 Å². The Morgan fingerprint density at radius 2 is 1.93 bits per heavy atom. The number of carbonyl (C=O) groups is 4. The third kappa shape index (κ3) is 4.27. The van der Waals surface area contributed by atoms with Gasteiger partial charge in [0, 0.05) is 18.2 Å². The van der Waals surface area contributed by atoms with Crippen molar-refractivity contribution in [1.29, 1.82) is 0 Å². The SMILES string of the molecule is CCOC(=O)CCNC(=O)CNC(=O)C1c2ccccc2C(=O)N1C1CC1. The molecule has 0 spiro atoms. The van der Waals surface area contributed by atoms with E-state index in [0.29, 0.717) is 17.7 Å². The number of nitrogens with one attached hydrogen (secondary N) is 2. The van der Waals surface area contributed by atoms with Gasteiger partial charge in [0.2, 0.25) is 11.8 Å². The molecule has 8 nitrogen and oxygen atoms in total. The number of rotatable bonds is 8. The van der Waals surface area contributed by atoms with E-state index in [1.54, 1.807) is 36.1 Å². The van der Waals surface area contributed by atoms with Crippen molar-refractivity contribution in [3.05, 3.63) is 35.4 Å². The first kappa shape index (κ1) is 18.9. The third-order valence-electron chi connectivity index (χ3n) is 4.57. The van der Waals surface area contributed by atoms with Gasteiger partial charge >= 0.3 is 5.97 Å². The van der Waals surface area contributed by atoms with Gasteiger partial charge in [-0.1, -0.05) is 18.2 Å². The zero-order valence-corrected chi connectivity index (χ0v) is 15.2. The lowest BCUT2D eigenvalue weighted by atomic mass is 10.0. The van der Waals surface area contributed by atoms with Crippen LogP contribution < -0.4 is 10.6 Å². The molecule has 1 unspecified atom stereocenters. The van der Waals surface area contributed by atoms with Gasteiger partial charge in [-0.25, -0.2) is 0 Å². The highest BCUT2D eigenvalue weighted by atomic mass is 16.5. The predicted octanol–water partition coefficient (Wildman–Crippen LogP) is 0.532. The average molecular weight is 373 g/mol. The first-order valence-electron chi connectivity index (χ1n) is 9.14. The lowest BCUT2D eigenvalue weighted by molar-refractivity contribution is -0.143. The van der Waals surface area contributed by atoms with Crippen molar-refractivity contribution in [2.24, 2.45) is 0 Å². The van der Waals surface area contributed by atoms with E-state index in [1.165, 1.54) is 0 Å². The van der Waals surface area contributed by atoms with Gasteiger partial charge in [-0.05, 0) is 31.4 Å². The number of nitrogens with zero attached hydrogens (tertiary/aromatic N) is 1. The Labute approximate surface area is 157 Å². The highest BCUT2D eigenvalue weighted by Crippen LogP contribution is 2.41. The number of hydrogen-bond acceptors (Lipinski definition) is 5. The van der Waals surface area contributed by atoms with E-state index < -0.39 is 11.9 Å². The second kappa shape index (κ2) is 8.20. The van der Waals surface area contributed by atoms with Crippen LogP contribution in [0.1, 0.15) is 48.1 Å². The standard InChI is InChI=1S/C19H23N3O5/c1-2-27-16(24)9-10-20-15(23)11-21-18(25)17-13-5-3-4-6-14(13)19(26)22(17)12-7-8-12/h3-6,12,17H,2,7-11H2,1H3,(H,20,23)(H,21,25). The first-order valence-corrected chi connectivity index (χ1v) is 9.14. The predicted molar refractivity (Wildman–Crippen MR) is 95.6 cm³/mol. The highest BCUT2D eigenvalue weighted by Gasteiger charge is 2.47. The molecule has 3 amide bonds. The monoisotopic (exact) mass is 373 g/mol. The molecule has 0 aromatic heterocycles. The van der Waals surface area contributed by atoms with E-state index in [-0.39, 0.29) is 43.3 Å². The summed E-state index contributed by atoms with van der Waals surface area (Å²) in [7, 11) is 0. The normalized spacial score (nSPS) is 18.0. The van der Waals surface area contributed by atoms with Crippen molar-refractivity contribution in [2.75, 3.05) is 19.7 Å². The van der Waals surface area contributed by atoms with Crippen molar-refractivity contribution in [1.82, 2.24) is 15.5 Å². The lowest BCUT2D eigenvalue weighted by Gasteiger charge is -2.24. The number of amides is 3. The van der Waals surface area contributed by atoms with Crippen LogP contribution in [0.25, 0.3) is 0 Å². The fourth-order valence-electron chi connectivity index (χ4n) is 3.20. The zero-order chi connectivity index (χ0) is 19.4. The molecule has 1 heterocycles. The molecule has 1 aromatic carbocycles. The van der Waals surface area contributed by atoms with Crippen LogP contribution in [0.5, 0.6) is 0 Å². The number of esters is 1. The molecule has 1 aliphatic carbocycles. The van der Waals surface area contributed by atoms with Crippen LogP contribution >= 0.6 is 0 Å². The van der Waals surface area contributed by atoms with Crippen molar-refractivity contribution in [2.45, 2.75) is 38.3 Å². The Kier molecular flexibility index (Phi) is 5.73. The van der Waals surface area contributed by atoms with Crippen LogP contribution in [-0.4, -0.2) is 54.3 Å². The lowest BCUT2D eigenvalue weighted by Crippen LogP contribution is -2.44. The van der Waals surface area contributed by atoms with Crippen molar-refractivity contribution >= 4 is 23.7 Å². The topological polar surface area (TPSA) is 105 Å². The van der Waals surface area contributed by atoms with E-state index in [2.05, 4.69) is 10.6 Å². The molecular weight excluding hydrogens is 350 g/mol. The molecule has 0 bridgehead atoms. The summed E-state index contributed by atoms with van der Waals surface area (Å²) in [5, 5.41) is 5.16. The Bertz CT molecular complexity index is 759. The fraction of sp³-hybridized carbons (Fsp3) is 0.474. The molecule has 8 heteroatoms. The molecule has 0 saturated heterocycles. The van der Waals surface area contributed by atoms with E-state index in [0.717, 1.165) is 12.8 Å². The van der Waals surface area contributed by atoms with Gasteiger partial charge in [-0.15, -0.1) is 0 Å². The maximum absolute atomic E-state index is 12.7. The minimum atomic E-state index is -0.700. The third-order valence-corrected chi connectivity index (χ3v) is 4.57. The minimum absolute atomic E-state index is 0.0769. The zero-order valence-electron chi connectivity index (χ0n) is 15.2. The van der Waals surface area contributed by atoms with Gasteiger partial charge in [0.05, 0.1) is 19.6 Å². The summed E-state index contributed by atoms with van der Waals surface area (Å²) in [6.07, 6.45) is 1.85. The second-order valence-corrected chi connectivity index (χ2v) is 6.56. The Morgan fingerprint density at radius 3 is 2.63 bits per heavy atom. The molecule has 27 heavy (non-hydrogen) atoms. The van der Waals surface area contributed by atoms with Crippen molar-refractivity contribution in [3.63, 3.8) is 0 Å². The van der Waals surface area contributed by atoms with Crippen LogP contribution in [0.2, 0.25) is 0 Å². The van der Waals surface area contributed by atoms with E-state index in [4.69, 9.17) is 4.74 Å². The summed E-state index contributed by atoms with van der Waals surface area (Å²) in [4.78, 5) is 50.1. The molecule has 1 atom stereocenters. The molecule has 1 aromatic rings. The van der Waals surface area contributed by atoms with Crippen LogP contribution in [0.15, 0.2) is 24.3 Å². The molecule has 2 aliphatic rings. The van der Waals surface area contributed by atoms with E-state index >= 15 is 0 Å². The van der Waals surface area contributed by atoms with Crippen LogP contribution in [0.3, 0.4) is 0 Å². The fourth-order valence-corrected chi connectivity index (χ4v) is 3.20. The van der Waals surface area contributed by atoms with Gasteiger partial charge < -0.3 is 20.3 Å². The number of ether oxygens (including phenoxy) is 1. The van der Waals surface area contributed by atoms with Gasteiger partial charge in [-0.2, -0.15) is 0 Å². The first-order chi connectivity index (χ1) is 13.0. The summed E-state index contributed by atoms with van der Waals surface area (Å²) in [6.45, 7) is 1.93. The van der Waals surface area contributed by atoms with Gasteiger partial charge in [0.1, 0.15) is 6.04 Å². The van der Waals surface area contributed by atoms with Gasteiger partial charge in [0.15, 0.2) is 0 Å². The number of benzene rings is 1. The van der Waals surface area contributed by atoms with Gasteiger partial charge in [0.25, 0.3) is 5.91 Å². The summed E-state index contributed by atoms with van der Waals surface area (Å²) in [6, 6.07) is 6.46. The highest BCUT2D eigenvalue weighted by molar-refractivity contribution is 6.05. The number of fused-ring (bicyclic) bond motifs is 1. The largest absolute Gasteiger partial charge is 0.466 e. The smallest absolute Gasteiger partial charge is 0.307 e. The second-order valence-electron chi connectivity index (χ2n) is 6.56. The molecule has 2 N–H and O–H groups in total. The maximum atomic E-state index is 12.7. The summed E-state index contributed by atoms with van der Waals surface area (Å²) < 4.78 is 4.78. The summed E-state index contributed by atoms with van der Waals surface area (Å²) in [5.74, 6) is -1.29. The minimum Gasteiger partial charge on any atom is -0.466 e. The number of carbonyl (C=O) groups excluding carboxylic acids is 4. The average Bonchev–Trinajstić information content (AvgIpc) is 3.44. The Balaban J connectivity index is 1.55. The maximum Gasteiger partial charge on any atom is 0.307 e. The molecular formula is C19H23N3O5. The van der Waals surface area contributed by atoms with Crippen LogP contribution in [0, 0.1) is 0 Å². The molecule has 1 saturated carbocycles. The Morgan fingerprint density at radius 1 is 1.19 bits per heavy atom. The molecule has 1 aliphatic heterocycles. The van der Waals surface area contributed by atoms with Crippen molar-refractivity contribution < 1.29 is 23.9 Å². The Hall–Kier alpha value is -2.90. The molecule has 144 valence electrons. The van der Waals surface area contributed by atoms with Crippen LogP contribution in [0.4, 0.5) is 0 Å². The molecule has 3 rings (SSSR count). The summed E-state index contributed by atoms with van der Waals surface area (Å²) >= 11 is 0. The number of hydrogen-bond donors (Lipinski definition) is 2. The van der Waals surface area contributed by atoms with Gasteiger partial charge in [-0.3, -0.25) is 19.2 Å². The molecule has 1 fully saturated rings. The molecule has 0 radical (unpaired) electrons.